The highest BCUT2D eigenvalue weighted by Gasteiger charge is 2.28. The van der Waals surface area contributed by atoms with E-state index in [1.807, 2.05) is 0 Å². The van der Waals surface area contributed by atoms with Gasteiger partial charge in [0.25, 0.3) is 0 Å². The average Bonchev–Trinajstić information content (AvgIpc) is 2.55. The van der Waals surface area contributed by atoms with Gasteiger partial charge in [0.1, 0.15) is 0 Å². The predicted molar refractivity (Wildman–Crippen MR) is 88.9 cm³/mol. The van der Waals surface area contributed by atoms with Gasteiger partial charge in [-0.3, -0.25) is 0 Å². The van der Waals surface area contributed by atoms with Gasteiger partial charge in [-0.25, -0.2) is 18.0 Å². The third-order valence-corrected chi connectivity index (χ3v) is 5.66. The quantitative estimate of drug-likeness (QED) is 0.683. The first-order valence-corrected chi connectivity index (χ1v) is 9.00. The van der Waals surface area contributed by atoms with Crippen molar-refractivity contribution in [2.24, 2.45) is 0 Å². The standard InChI is InChI=1S/C11H14ClNO2S.C4H4O4/c12-9-3-5-10(6-4-9)16(14,15)11-2-1-7-13-8-11;5-3(6)1-2-4(7)8/h3-6,11,13H,1-2,7-8H2;1-2H,(H,5,6)(H,7,8)/b;2-1+. The van der Waals surface area contributed by atoms with Gasteiger partial charge in [0.15, 0.2) is 9.84 Å². The maximum absolute atomic E-state index is 12.2. The highest BCUT2D eigenvalue weighted by atomic mass is 35.5. The molecule has 1 atom stereocenters. The van der Waals surface area contributed by atoms with Gasteiger partial charge in [-0.05, 0) is 43.7 Å². The van der Waals surface area contributed by atoms with Gasteiger partial charge in [0.05, 0.1) is 10.1 Å². The number of hydrogen-bond donors (Lipinski definition) is 3. The third kappa shape index (κ3) is 6.69. The fourth-order valence-corrected chi connectivity index (χ4v) is 3.88. The maximum atomic E-state index is 12.2. The van der Waals surface area contributed by atoms with Gasteiger partial charge < -0.3 is 15.5 Å². The van der Waals surface area contributed by atoms with Crippen LogP contribution in [-0.2, 0) is 19.4 Å². The van der Waals surface area contributed by atoms with Crippen LogP contribution in [0.3, 0.4) is 0 Å². The Balaban J connectivity index is 0.000000307. The Labute approximate surface area is 144 Å². The van der Waals surface area contributed by atoms with Crippen LogP contribution in [0.25, 0.3) is 0 Å². The smallest absolute Gasteiger partial charge is 0.328 e. The topological polar surface area (TPSA) is 121 Å². The number of halogens is 1. The van der Waals surface area contributed by atoms with E-state index in [4.69, 9.17) is 21.8 Å². The molecule has 3 N–H and O–H groups in total. The summed E-state index contributed by atoms with van der Waals surface area (Å²) in [6.07, 6.45) is 2.76. The van der Waals surface area contributed by atoms with Crippen molar-refractivity contribution in [3.63, 3.8) is 0 Å². The van der Waals surface area contributed by atoms with Gasteiger partial charge in [-0.15, -0.1) is 0 Å². The molecule has 1 saturated heterocycles. The number of carboxylic acid groups (broad SMARTS) is 2. The van der Waals surface area contributed by atoms with Crippen molar-refractivity contribution >= 4 is 33.4 Å². The molecule has 0 aromatic heterocycles. The number of rotatable bonds is 4. The van der Waals surface area contributed by atoms with E-state index in [1.165, 1.54) is 0 Å². The Hall–Kier alpha value is -1.90. The second-order valence-corrected chi connectivity index (χ2v) is 7.64. The van der Waals surface area contributed by atoms with Crippen molar-refractivity contribution in [3.8, 4) is 0 Å². The summed E-state index contributed by atoms with van der Waals surface area (Å²) >= 11 is 5.74. The van der Waals surface area contributed by atoms with Gasteiger partial charge in [-0.2, -0.15) is 0 Å². The number of sulfone groups is 1. The summed E-state index contributed by atoms with van der Waals surface area (Å²) in [5, 5.41) is 19.0. The van der Waals surface area contributed by atoms with Crippen molar-refractivity contribution in [3.05, 3.63) is 41.4 Å². The average molecular weight is 376 g/mol. The highest BCUT2D eigenvalue weighted by Crippen LogP contribution is 2.22. The minimum atomic E-state index is -3.20. The zero-order chi connectivity index (χ0) is 18.2. The second kappa shape index (κ2) is 9.41. The zero-order valence-electron chi connectivity index (χ0n) is 12.7. The molecule has 1 unspecified atom stereocenters. The first-order valence-electron chi connectivity index (χ1n) is 7.07. The maximum Gasteiger partial charge on any atom is 0.328 e. The summed E-state index contributed by atoms with van der Waals surface area (Å²) in [6, 6.07) is 6.38. The lowest BCUT2D eigenvalue weighted by atomic mass is 10.2. The molecule has 2 rings (SSSR count). The first-order chi connectivity index (χ1) is 11.2. The van der Waals surface area contributed by atoms with Gasteiger partial charge in [0, 0.05) is 23.7 Å². The molecule has 0 spiro atoms. The summed E-state index contributed by atoms with van der Waals surface area (Å²) in [4.78, 5) is 19.5. The van der Waals surface area contributed by atoms with Crippen LogP contribution in [-0.4, -0.2) is 48.9 Å². The van der Waals surface area contributed by atoms with E-state index in [9.17, 15) is 18.0 Å². The zero-order valence-corrected chi connectivity index (χ0v) is 14.3. The van der Waals surface area contributed by atoms with Crippen molar-refractivity contribution in [2.75, 3.05) is 13.1 Å². The van der Waals surface area contributed by atoms with Crippen LogP contribution in [0.1, 0.15) is 12.8 Å². The lowest BCUT2D eigenvalue weighted by Crippen LogP contribution is -2.38. The molecular formula is C15H18ClNO6S. The molecule has 1 heterocycles. The van der Waals surface area contributed by atoms with E-state index < -0.39 is 21.8 Å². The van der Waals surface area contributed by atoms with Crippen LogP contribution in [0.2, 0.25) is 5.02 Å². The molecule has 0 bridgehead atoms. The lowest BCUT2D eigenvalue weighted by Gasteiger charge is -2.22. The van der Waals surface area contributed by atoms with Crippen LogP contribution >= 0.6 is 11.6 Å². The second-order valence-electron chi connectivity index (χ2n) is 4.98. The van der Waals surface area contributed by atoms with Crippen LogP contribution in [0.5, 0.6) is 0 Å². The van der Waals surface area contributed by atoms with Crippen molar-refractivity contribution in [2.45, 2.75) is 23.0 Å². The number of piperidine rings is 1. The van der Waals surface area contributed by atoms with Crippen LogP contribution in [0.15, 0.2) is 41.3 Å². The Morgan fingerprint density at radius 3 is 2.08 bits per heavy atom. The minimum absolute atomic E-state index is 0.303. The van der Waals surface area contributed by atoms with Crippen molar-refractivity contribution in [1.82, 2.24) is 5.32 Å². The van der Waals surface area contributed by atoms with Gasteiger partial charge in [-0.1, -0.05) is 11.6 Å². The molecule has 0 saturated carbocycles. The molecule has 1 aliphatic heterocycles. The number of carbonyl (C=O) groups is 2. The van der Waals surface area contributed by atoms with E-state index >= 15 is 0 Å². The Morgan fingerprint density at radius 1 is 1.12 bits per heavy atom. The largest absolute Gasteiger partial charge is 0.478 e. The molecule has 0 amide bonds. The number of benzene rings is 1. The Kier molecular flexibility index (Phi) is 7.90. The molecule has 0 radical (unpaired) electrons. The van der Waals surface area contributed by atoms with E-state index in [0.29, 0.717) is 28.6 Å². The monoisotopic (exact) mass is 375 g/mol. The number of carboxylic acids is 2. The van der Waals surface area contributed by atoms with Crippen molar-refractivity contribution < 1.29 is 28.2 Å². The van der Waals surface area contributed by atoms with Crippen LogP contribution < -0.4 is 5.32 Å². The van der Waals surface area contributed by atoms with E-state index in [2.05, 4.69) is 5.32 Å². The summed E-state index contributed by atoms with van der Waals surface area (Å²) in [5.41, 5.74) is 0. The van der Waals surface area contributed by atoms with Crippen LogP contribution in [0, 0.1) is 0 Å². The highest BCUT2D eigenvalue weighted by molar-refractivity contribution is 7.92. The predicted octanol–water partition coefficient (Wildman–Crippen LogP) is 1.58. The van der Waals surface area contributed by atoms with Gasteiger partial charge >= 0.3 is 11.9 Å². The Morgan fingerprint density at radius 2 is 1.67 bits per heavy atom. The molecule has 9 heteroatoms. The van der Waals surface area contributed by atoms with E-state index in [0.717, 1.165) is 19.4 Å². The van der Waals surface area contributed by atoms with Gasteiger partial charge in [0.2, 0.25) is 0 Å². The molecule has 1 aromatic carbocycles. The molecular weight excluding hydrogens is 358 g/mol. The summed E-state index contributed by atoms with van der Waals surface area (Å²) in [6.45, 7) is 1.46. The lowest BCUT2D eigenvalue weighted by molar-refractivity contribution is -0.134. The molecule has 24 heavy (non-hydrogen) atoms. The number of hydrogen-bond acceptors (Lipinski definition) is 5. The fourth-order valence-electron chi connectivity index (χ4n) is 2.04. The van der Waals surface area contributed by atoms with E-state index in [-0.39, 0.29) is 5.25 Å². The minimum Gasteiger partial charge on any atom is -0.478 e. The molecule has 7 nitrogen and oxygen atoms in total. The molecule has 1 aliphatic rings. The first kappa shape index (κ1) is 20.1. The fraction of sp³-hybridized carbons (Fsp3) is 0.333. The molecule has 1 fully saturated rings. The number of aliphatic carboxylic acids is 2. The SMILES string of the molecule is O=C(O)/C=C/C(=O)O.O=S(=O)(c1ccc(Cl)cc1)C1CCCNC1. The van der Waals surface area contributed by atoms with Crippen LogP contribution in [0.4, 0.5) is 0 Å². The summed E-state index contributed by atoms with van der Waals surface area (Å²) in [5.74, 6) is -2.51. The molecule has 132 valence electrons. The molecule has 0 aliphatic carbocycles. The normalized spacial score (nSPS) is 17.8. The number of nitrogens with one attached hydrogen (secondary N) is 1. The van der Waals surface area contributed by atoms with E-state index in [1.54, 1.807) is 24.3 Å². The summed E-state index contributed by atoms with van der Waals surface area (Å²) in [7, 11) is -3.20. The summed E-state index contributed by atoms with van der Waals surface area (Å²) < 4.78 is 24.4. The van der Waals surface area contributed by atoms with Crippen molar-refractivity contribution in [1.29, 1.82) is 0 Å². The Bertz CT molecular complexity index is 677. The molecule has 1 aromatic rings. The third-order valence-electron chi connectivity index (χ3n) is 3.20.